The van der Waals surface area contributed by atoms with Crippen molar-refractivity contribution in [1.29, 1.82) is 0 Å². The molecule has 2 bridgehead atoms. The number of ether oxygens (including phenoxy) is 1. The number of anilines is 1. The Kier molecular flexibility index (Phi) is 6.35. The van der Waals surface area contributed by atoms with Crippen LogP contribution in [0.4, 0.5) is 10.1 Å². The number of nitrogens with one attached hydrogen (secondary N) is 1. The third-order valence-corrected chi connectivity index (χ3v) is 7.86. The molecule has 33 heavy (non-hydrogen) atoms. The number of hydrogen-bond donors (Lipinski definition) is 1. The van der Waals surface area contributed by atoms with Gasteiger partial charge >= 0.3 is 0 Å². The smallest absolute Gasteiger partial charge is 0.263 e. The summed E-state index contributed by atoms with van der Waals surface area (Å²) >= 11 is 6.05. The van der Waals surface area contributed by atoms with Crippen LogP contribution in [0, 0.1) is 5.82 Å². The van der Waals surface area contributed by atoms with Gasteiger partial charge in [0.25, 0.3) is 5.91 Å². The molecule has 2 atom stereocenters. The number of nitrogens with zero attached hydrogens (tertiary/aromatic N) is 1. The first kappa shape index (κ1) is 23.8. The summed E-state index contributed by atoms with van der Waals surface area (Å²) in [6.45, 7) is 3.32. The van der Waals surface area contributed by atoms with Crippen molar-refractivity contribution >= 4 is 33.0 Å². The van der Waals surface area contributed by atoms with Gasteiger partial charge in [0.1, 0.15) is 11.6 Å². The van der Waals surface area contributed by atoms with Crippen LogP contribution in [0.25, 0.3) is 0 Å². The topological polar surface area (TPSA) is 75.7 Å². The van der Waals surface area contributed by atoms with Crippen LogP contribution >= 0.6 is 11.6 Å². The van der Waals surface area contributed by atoms with Gasteiger partial charge in [0.2, 0.25) is 0 Å². The van der Waals surface area contributed by atoms with Gasteiger partial charge in [0, 0.05) is 30.1 Å². The molecule has 0 radical (unpaired) electrons. The normalized spacial score (nSPS) is 22.8. The summed E-state index contributed by atoms with van der Waals surface area (Å²) in [6, 6.07) is 11.4. The first-order valence-corrected chi connectivity index (χ1v) is 13.2. The van der Waals surface area contributed by atoms with Crippen molar-refractivity contribution in [3.63, 3.8) is 0 Å². The highest BCUT2D eigenvalue weighted by molar-refractivity contribution is 7.90. The molecule has 2 aliphatic rings. The zero-order valence-corrected chi connectivity index (χ0v) is 20.4. The molecule has 178 valence electrons. The molecule has 0 spiro atoms. The predicted octanol–water partition coefficient (Wildman–Crippen LogP) is 4.36. The van der Waals surface area contributed by atoms with E-state index in [2.05, 4.69) is 10.2 Å². The van der Waals surface area contributed by atoms with Crippen molar-refractivity contribution in [2.24, 2.45) is 0 Å². The lowest BCUT2D eigenvalue weighted by Crippen LogP contribution is -2.55. The van der Waals surface area contributed by atoms with Crippen molar-refractivity contribution in [2.45, 2.75) is 68.2 Å². The molecular formula is C24H28ClFN2O4S. The largest absolute Gasteiger partial charge is 0.476 e. The number of benzene rings is 2. The van der Waals surface area contributed by atoms with Crippen LogP contribution in [0.2, 0.25) is 5.02 Å². The number of halogens is 2. The van der Waals surface area contributed by atoms with E-state index in [1.165, 1.54) is 18.4 Å². The summed E-state index contributed by atoms with van der Waals surface area (Å²) in [5.41, 5.74) is -0.173. The molecule has 1 N–H and O–H groups in total. The van der Waals surface area contributed by atoms with Crippen molar-refractivity contribution in [3.05, 3.63) is 53.3 Å². The zero-order chi connectivity index (χ0) is 24.0. The molecule has 0 saturated carbocycles. The molecule has 0 aliphatic carbocycles. The Morgan fingerprint density at radius 1 is 1.12 bits per heavy atom. The molecule has 2 unspecified atom stereocenters. The second-order valence-electron chi connectivity index (χ2n) is 9.39. The average molecular weight is 495 g/mol. The van der Waals surface area contributed by atoms with Gasteiger partial charge in [-0.05, 0) is 82.0 Å². The van der Waals surface area contributed by atoms with Crippen LogP contribution in [0.15, 0.2) is 47.4 Å². The Bertz CT molecular complexity index is 1140. The van der Waals surface area contributed by atoms with Crippen molar-refractivity contribution < 1.29 is 22.3 Å². The van der Waals surface area contributed by atoms with Crippen LogP contribution in [0.1, 0.15) is 39.5 Å². The highest BCUT2D eigenvalue weighted by Gasteiger charge is 2.42. The molecule has 2 aromatic carbocycles. The van der Waals surface area contributed by atoms with E-state index in [-0.39, 0.29) is 34.8 Å². The minimum atomic E-state index is -3.23. The summed E-state index contributed by atoms with van der Waals surface area (Å²) in [5.74, 6) is -0.466. The number of sulfone groups is 1. The minimum Gasteiger partial charge on any atom is -0.476 e. The molecule has 2 saturated heterocycles. The third-order valence-electron chi connectivity index (χ3n) is 6.44. The van der Waals surface area contributed by atoms with E-state index in [1.807, 2.05) is 12.1 Å². The maximum Gasteiger partial charge on any atom is 0.263 e. The number of fused-ring (bicyclic) bond motifs is 2. The Morgan fingerprint density at radius 2 is 1.73 bits per heavy atom. The monoisotopic (exact) mass is 494 g/mol. The zero-order valence-electron chi connectivity index (χ0n) is 18.8. The van der Waals surface area contributed by atoms with Gasteiger partial charge in [-0.2, -0.15) is 0 Å². The number of rotatable bonds is 6. The molecule has 4 rings (SSSR count). The van der Waals surface area contributed by atoms with Crippen LogP contribution in [-0.4, -0.2) is 44.3 Å². The molecular weight excluding hydrogens is 467 g/mol. The van der Waals surface area contributed by atoms with Gasteiger partial charge in [-0.25, -0.2) is 12.8 Å². The Labute approximate surface area is 199 Å². The van der Waals surface area contributed by atoms with E-state index in [1.54, 1.807) is 26.0 Å². The predicted molar refractivity (Wildman–Crippen MR) is 126 cm³/mol. The highest BCUT2D eigenvalue weighted by atomic mass is 35.5. The first-order chi connectivity index (χ1) is 15.4. The molecule has 2 fully saturated rings. The average Bonchev–Trinajstić information content (AvgIpc) is 3.00. The molecule has 2 aromatic rings. The van der Waals surface area contributed by atoms with Crippen LogP contribution in [0.3, 0.4) is 0 Å². The van der Waals surface area contributed by atoms with Crippen LogP contribution < -0.4 is 15.0 Å². The number of piperidine rings is 1. The van der Waals surface area contributed by atoms with E-state index in [0.29, 0.717) is 4.90 Å². The summed E-state index contributed by atoms with van der Waals surface area (Å²) in [7, 11) is -3.23. The number of hydrogen-bond acceptors (Lipinski definition) is 5. The molecule has 6 nitrogen and oxygen atoms in total. The van der Waals surface area contributed by atoms with Gasteiger partial charge in [-0.1, -0.05) is 11.6 Å². The quantitative estimate of drug-likeness (QED) is 0.646. The van der Waals surface area contributed by atoms with Crippen LogP contribution in [0.5, 0.6) is 5.75 Å². The van der Waals surface area contributed by atoms with E-state index in [0.717, 1.165) is 37.4 Å². The maximum absolute atomic E-state index is 13.3. The summed E-state index contributed by atoms with van der Waals surface area (Å²) < 4.78 is 42.6. The van der Waals surface area contributed by atoms with E-state index >= 15 is 0 Å². The number of carbonyl (C=O) groups is 1. The molecule has 0 aromatic heterocycles. The third kappa shape index (κ3) is 5.11. The Morgan fingerprint density at radius 3 is 2.27 bits per heavy atom. The molecule has 2 aliphatic heterocycles. The van der Waals surface area contributed by atoms with E-state index < -0.39 is 21.3 Å². The lowest BCUT2D eigenvalue weighted by Gasteiger charge is -2.41. The second-order valence-corrected chi connectivity index (χ2v) is 11.8. The van der Waals surface area contributed by atoms with E-state index in [9.17, 15) is 17.6 Å². The lowest BCUT2D eigenvalue weighted by atomic mass is 9.95. The molecule has 2 heterocycles. The summed E-state index contributed by atoms with van der Waals surface area (Å²) in [6.07, 6.45) is 4.84. The fourth-order valence-electron chi connectivity index (χ4n) is 4.82. The maximum atomic E-state index is 13.3. The van der Waals surface area contributed by atoms with Gasteiger partial charge in [-0.15, -0.1) is 0 Å². The van der Waals surface area contributed by atoms with Gasteiger partial charge in [0.05, 0.1) is 9.92 Å². The Hall–Kier alpha value is -2.32. The molecule has 1 amide bonds. The lowest BCUT2D eigenvalue weighted by molar-refractivity contribution is -0.135. The highest BCUT2D eigenvalue weighted by Crippen LogP contribution is 2.40. The van der Waals surface area contributed by atoms with Gasteiger partial charge in [0.15, 0.2) is 15.4 Å². The van der Waals surface area contributed by atoms with Crippen molar-refractivity contribution in [1.82, 2.24) is 5.32 Å². The fourth-order valence-corrected chi connectivity index (χ4v) is 5.66. The second kappa shape index (κ2) is 8.80. The van der Waals surface area contributed by atoms with Gasteiger partial charge in [-0.3, -0.25) is 4.79 Å². The Balaban J connectivity index is 1.41. The minimum absolute atomic E-state index is 0.00751. The fraction of sp³-hybridized carbons (Fsp3) is 0.458. The summed E-state index contributed by atoms with van der Waals surface area (Å²) in [5, 5.41) is 3.24. The molecule has 9 heteroatoms. The number of amides is 1. The standard InChI is InChI=1S/C24H28ClFN2O4S/c1-24(2,32-22-11-4-15(26)12-21(22)25)23(29)27-16-13-18-5-6-19(14-16)28(18)17-7-9-20(10-8-17)33(3,30)31/h4,7-12,16,18-19H,5-6,13-14H2,1-3H3,(H,27,29). The first-order valence-electron chi connectivity index (χ1n) is 11.0. The van der Waals surface area contributed by atoms with E-state index in [4.69, 9.17) is 16.3 Å². The van der Waals surface area contributed by atoms with Crippen molar-refractivity contribution in [2.75, 3.05) is 11.2 Å². The number of carbonyl (C=O) groups excluding carboxylic acids is 1. The summed E-state index contributed by atoms with van der Waals surface area (Å²) in [4.78, 5) is 15.7. The van der Waals surface area contributed by atoms with Gasteiger partial charge < -0.3 is 15.0 Å². The van der Waals surface area contributed by atoms with Crippen LogP contribution in [-0.2, 0) is 14.6 Å². The SMILES string of the molecule is CC(C)(Oc1ccc(F)cc1Cl)C(=O)NC1CC2CCC(C1)N2c1ccc(S(C)(=O)=O)cc1. The van der Waals surface area contributed by atoms with Crippen molar-refractivity contribution in [3.8, 4) is 5.75 Å².